The van der Waals surface area contributed by atoms with Crippen LogP contribution in [0.5, 0.6) is 0 Å². The molecule has 0 aliphatic rings. The summed E-state index contributed by atoms with van der Waals surface area (Å²) in [6, 6.07) is 46.5. The quantitative estimate of drug-likeness (QED) is 0.117. The molecule has 0 aliphatic heterocycles. The highest BCUT2D eigenvalue weighted by Crippen LogP contribution is 2.30. The summed E-state index contributed by atoms with van der Waals surface area (Å²) in [5.74, 6) is 1.91. The van der Waals surface area contributed by atoms with Crippen molar-refractivity contribution in [3.63, 3.8) is 0 Å². The number of aryl methyl sites for hydroxylation is 1. The largest absolute Gasteiger partial charge is 0.486 e. The van der Waals surface area contributed by atoms with Crippen molar-refractivity contribution < 1.29 is 4.74 Å². The van der Waals surface area contributed by atoms with Crippen LogP contribution in [0.3, 0.4) is 0 Å². The fourth-order valence-electron chi connectivity index (χ4n) is 6.16. The predicted molar refractivity (Wildman–Crippen MR) is 200 cm³/mol. The Bertz CT molecular complexity index is 2240. The number of unbranched alkanes of at least 4 members (excludes halogenated alkanes) is 1. The van der Waals surface area contributed by atoms with E-state index in [0.29, 0.717) is 43.3 Å². The van der Waals surface area contributed by atoms with E-state index in [9.17, 15) is 4.79 Å². The summed E-state index contributed by atoms with van der Waals surface area (Å²) in [7, 11) is 0. The van der Waals surface area contributed by atoms with Crippen LogP contribution < -0.4 is 5.69 Å². The average Bonchev–Trinajstić information content (AvgIpc) is 3.84. The number of tetrazole rings is 1. The van der Waals surface area contributed by atoms with Crippen molar-refractivity contribution in [1.29, 1.82) is 0 Å². The van der Waals surface area contributed by atoms with Gasteiger partial charge in [-0.15, -0.1) is 10.2 Å². The van der Waals surface area contributed by atoms with Crippen molar-refractivity contribution >= 4 is 11.5 Å². The van der Waals surface area contributed by atoms with Crippen molar-refractivity contribution in [2.45, 2.75) is 45.8 Å². The lowest BCUT2D eigenvalue weighted by atomic mass is 9.98. The van der Waals surface area contributed by atoms with Crippen molar-refractivity contribution in [3.05, 3.63) is 178 Å². The van der Waals surface area contributed by atoms with Gasteiger partial charge >= 0.3 is 5.69 Å². The summed E-state index contributed by atoms with van der Waals surface area (Å²) in [5, 5.41) is 19.7. The first kappa shape index (κ1) is 33.2. The van der Waals surface area contributed by atoms with E-state index in [4.69, 9.17) is 9.84 Å². The van der Waals surface area contributed by atoms with E-state index in [1.807, 2.05) is 108 Å². The standard InChI is InChI=1S/C42H39N7O2/c1-2-3-23-39-45-49(42(50)48(39)29-32-24-26-34(27-25-32)36-21-13-14-22-37(36)41-43-46-47-44-41)38(28-31-15-7-4-8-16-31)40(35-19-11-6-12-20-35)51-30-33-17-9-5-10-18-33/h4-22,24-27H,2-3,23,28-30H2,1H3,(H,43,44,46,47). The average molecular weight is 674 g/mol. The van der Waals surface area contributed by atoms with Gasteiger partial charge in [0.25, 0.3) is 0 Å². The maximum absolute atomic E-state index is 14.6. The molecular weight excluding hydrogens is 635 g/mol. The Hall–Kier alpha value is -6.35. The molecule has 51 heavy (non-hydrogen) atoms. The highest BCUT2D eigenvalue weighted by molar-refractivity contribution is 5.81. The van der Waals surface area contributed by atoms with Gasteiger partial charge in [-0.2, -0.15) is 15.0 Å². The van der Waals surface area contributed by atoms with Crippen LogP contribution in [0.4, 0.5) is 0 Å². The first-order valence-electron chi connectivity index (χ1n) is 17.3. The van der Waals surface area contributed by atoms with Gasteiger partial charge in [0.1, 0.15) is 18.2 Å². The lowest BCUT2D eigenvalue weighted by Crippen LogP contribution is -2.27. The van der Waals surface area contributed by atoms with Crippen LogP contribution >= 0.6 is 0 Å². The third-order valence-corrected chi connectivity index (χ3v) is 8.81. The molecule has 5 aromatic carbocycles. The smallest absolute Gasteiger partial charge is 0.350 e. The molecule has 0 bridgehead atoms. The minimum atomic E-state index is -0.199. The summed E-state index contributed by atoms with van der Waals surface area (Å²) in [6.07, 6.45) is 3.03. The molecule has 0 aliphatic carbocycles. The molecule has 254 valence electrons. The number of rotatable bonds is 14. The molecule has 0 saturated heterocycles. The second-order valence-corrected chi connectivity index (χ2v) is 12.4. The molecule has 1 N–H and O–H groups in total. The summed E-state index contributed by atoms with van der Waals surface area (Å²) in [4.78, 5) is 14.6. The van der Waals surface area contributed by atoms with Crippen LogP contribution in [-0.4, -0.2) is 35.0 Å². The molecule has 7 rings (SSSR count). The number of H-pyrrole nitrogens is 1. The number of hydrogen-bond acceptors (Lipinski definition) is 6. The van der Waals surface area contributed by atoms with Crippen molar-refractivity contribution in [2.75, 3.05) is 0 Å². The molecule has 0 radical (unpaired) electrons. The van der Waals surface area contributed by atoms with E-state index in [1.54, 1.807) is 4.68 Å². The van der Waals surface area contributed by atoms with Crippen LogP contribution in [0, 0.1) is 0 Å². The number of benzene rings is 5. The molecular formula is C42H39N7O2. The number of nitrogens with zero attached hydrogens (tertiary/aromatic N) is 6. The van der Waals surface area contributed by atoms with Gasteiger partial charge < -0.3 is 4.74 Å². The van der Waals surface area contributed by atoms with Gasteiger partial charge in [0.15, 0.2) is 0 Å². The van der Waals surface area contributed by atoms with Gasteiger partial charge in [0.05, 0.1) is 12.2 Å². The van der Waals surface area contributed by atoms with Gasteiger partial charge in [-0.1, -0.05) is 153 Å². The van der Waals surface area contributed by atoms with Crippen molar-refractivity contribution in [3.8, 4) is 22.5 Å². The Balaban J connectivity index is 1.30. The Morgan fingerprint density at radius 3 is 2.04 bits per heavy atom. The fourth-order valence-corrected chi connectivity index (χ4v) is 6.16. The Morgan fingerprint density at radius 2 is 1.37 bits per heavy atom. The third kappa shape index (κ3) is 7.78. The Kier molecular flexibility index (Phi) is 10.3. The lowest BCUT2D eigenvalue weighted by Gasteiger charge is -2.17. The van der Waals surface area contributed by atoms with Crippen LogP contribution in [0.1, 0.15) is 47.8 Å². The fraction of sp³-hybridized carbons (Fsp3) is 0.167. The number of allylic oxidation sites excluding steroid dienone is 1. The predicted octanol–water partition coefficient (Wildman–Crippen LogP) is 8.07. The summed E-state index contributed by atoms with van der Waals surface area (Å²) >= 11 is 0. The van der Waals surface area contributed by atoms with Gasteiger partial charge in [0.2, 0.25) is 5.82 Å². The molecule has 0 fully saturated rings. The first-order valence-corrected chi connectivity index (χ1v) is 17.3. The highest BCUT2D eigenvalue weighted by Gasteiger charge is 2.22. The monoisotopic (exact) mass is 673 g/mol. The minimum absolute atomic E-state index is 0.199. The molecule has 2 heterocycles. The molecule has 7 aromatic rings. The van der Waals surface area contributed by atoms with E-state index in [0.717, 1.165) is 57.6 Å². The number of ether oxygens (including phenoxy) is 1. The zero-order chi connectivity index (χ0) is 34.8. The molecule has 2 aromatic heterocycles. The first-order chi connectivity index (χ1) is 25.2. The molecule has 0 unspecified atom stereocenters. The Labute approximate surface area is 296 Å². The highest BCUT2D eigenvalue weighted by atomic mass is 16.5. The zero-order valence-corrected chi connectivity index (χ0v) is 28.5. The molecule has 9 heteroatoms. The van der Waals surface area contributed by atoms with Gasteiger partial charge in [-0.25, -0.2) is 4.79 Å². The molecule has 9 nitrogen and oxygen atoms in total. The van der Waals surface area contributed by atoms with Crippen LogP contribution in [0.25, 0.3) is 34.0 Å². The molecule has 0 spiro atoms. The van der Waals surface area contributed by atoms with Crippen molar-refractivity contribution in [1.82, 2.24) is 35.0 Å². The van der Waals surface area contributed by atoms with Crippen LogP contribution in [0.2, 0.25) is 0 Å². The molecule has 0 saturated carbocycles. The Morgan fingerprint density at radius 1 is 0.725 bits per heavy atom. The number of hydrogen-bond donors (Lipinski definition) is 1. The minimum Gasteiger partial charge on any atom is -0.486 e. The normalized spacial score (nSPS) is 11.7. The van der Waals surface area contributed by atoms with Gasteiger partial charge in [-0.05, 0) is 39.5 Å². The van der Waals surface area contributed by atoms with Crippen LogP contribution in [0.15, 0.2) is 144 Å². The second kappa shape index (κ2) is 15.9. The molecule has 0 amide bonds. The lowest BCUT2D eigenvalue weighted by molar-refractivity contribution is 0.263. The number of aromatic amines is 1. The van der Waals surface area contributed by atoms with Gasteiger partial charge in [-0.3, -0.25) is 4.57 Å². The summed E-state index contributed by atoms with van der Waals surface area (Å²) in [6.45, 7) is 2.88. The van der Waals surface area contributed by atoms with E-state index in [-0.39, 0.29) is 5.69 Å². The zero-order valence-electron chi connectivity index (χ0n) is 28.5. The van der Waals surface area contributed by atoms with E-state index in [1.165, 1.54) is 0 Å². The number of aromatic nitrogens is 7. The third-order valence-electron chi connectivity index (χ3n) is 8.81. The summed E-state index contributed by atoms with van der Waals surface area (Å²) < 4.78 is 10.0. The van der Waals surface area contributed by atoms with Crippen LogP contribution in [-0.2, 0) is 30.7 Å². The topological polar surface area (TPSA) is 104 Å². The number of nitrogens with one attached hydrogen (secondary N) is 1. The maximum Gasteiger partial charge on any atom is 0.350 e. The van der Waals surface area contributed by atoms with E-state index in [2.05, 4.69) is 63.9 Å². The second-order valence-electron chi connectivity index (χ2n) is 12.4. The van der Waals surface area contributed by atoms with Crippen molar-refractivity contribution in [2.24, 2.45) is 0 Å². The van der Waals surface area contributed by atoms with Gasteiger partial charge in [0, 0.05) is 24.0 Å². The molecule has 0 atom stereocenters. The summed E-state index contributed by atoms with van der Waals surface area (Å²) in [5.41, 5.74) is 7.36. The SMILES string of the molecule is CCCCc1nn(C(Cc2ccccc2)=C(OCc2ccccc2)c2ccccc2)c(=O)n1Cc1ccc(-c2ccccc2-c2nn[nH]n2)cc1. The van der Waals surface area contributed by atoms with E-state index >= 15 is 0 Å². The maximum atomic E-state index is 14.6. The van der Waals surface area contributed by atoms with E-state index < -0.39 is 0 Å².